The summed E-state index contributed by atoms with van der Waals surface area (Å²) in [6, 6.07) is 8.61. The number of primary amides is 1. The van der Waals surface area contributed by atoms with Crippen LogP contribution >= 0.6 is 11.3 Å². The first kappa shape index (κ1) is 15.1. The first-order valence-corrected chi connectivity index (χ1v) is 7.84. The number of benzene rings is 1. The normalized spacial score (nSPS) is 10.9. The maximum atomic E-state index is 11.8. The lowest BCUT2D eigenvalue weighted by atomic mass is 10.2. The highest BCUT2D eigenvalue weighted by molar-refractivity contribution is 7.20. The number of thiazole rings is 1. The number of esters is 1. The van der Waals surface area contributed by atoms with Crippen molar-refractivity contribution in [3.63, 3.8) is 0 Å². The van der Waals surface area contributed by atoms with E-state index in [4.69, 9.17) is 14.9 Å². The molecule has 0 saturated carbocycles. The van der Waals surface area contributed by atoms with Gasteiger partial charge in [0, 0.05) is 17.6 Å². The van der Waals surface area contributed by atoms with Crippen LogP contribution in [0.2, 0.25) is 0 Å². The summed E-state index contributed by atoms with van der Waals surface area (Å²) in [5, 5.41) is 0.914. The van der Waals surface area contributed by atoms with Crippen LogP contribution in [0, 0.1) is 0 Å². The van der Waals surface area contributed by atoms with Gasteiger partial charge in [-0.1, -0.05) is 11.3 Å². The van der Waals surface area contributed by atoms with Crippen LogP contribution in [-0.2, 0) is 4.74 Å². The van der Waals surface area contributed by atoms with Gasteiger partial charge in [0.15, 0.2) is 5.65 Å². The van der Waals surface area contributed by atoms with E-state index in [1.54, 1.807) is 24.4 Å². The predicted octanol–water partition coefficient (Wildman–Crippen LogP) is 3.47. The molecule has 0 unspecified atom stereocenters. The second-order valence-electron chi connectivity index (χ2n) is 4.92. The Bertz CT molecular complexity index is 1080. The maximum absolute atomic E-state index is 11.8. The Labute approximate surface area is 143 Å². The number of hydrogen-bond donors (Lipinski definition) is 1. The van der Waals surface area contributed by atoms with Gasteiger partial charge in [-0.05, 0) is 24.3 Å². The zero-order valence-electron chi connectivity index (χ0n) is 12.5. The molecule has 1 aromatic carbocycles. The molecule has 4 aromatic rings. The molecule has 0 aliphatic rings. The summed E-state index contributed by atoms with van der Waals surface area (Å²) >= 11 is 1.36. The first-order chi connectivity index (χ1) is 12.1. The van der Waals surface area contributed by atoms with Gasteiger partial charge in [0.1, 0.15) is 23.2 Å². The number of carbonyl (C=O) groups is 2. The maximum Gasteiger partial charge on any atom is 0.412 e. The minimum atomic E-state index is -1.18. The van der Waals surface area contributed by atoms with Gasteiger partial charge in [-0.25, -0.2) is 14.6 Å². The third kappa shape index (κ3) is 2.88. The van der Waals surface area contributed by atoms with Crippen molar-refractivity contribution >= 4 is 44.7 Å². The molecule has 9 heteroatoms. The fourth-order valence-electron chi connectivity index (χ4n) is 2.27. The quantitative estimate of drug-likeness (QED) is 0.441. The molecule has 0 bridgehead atoms. The fourth-order valence-corrected chi connectivity index (χ4v) is 3.06. The number of furan rings is 1. The standard InChI is InChI=1S/C16H9N3O5S/c17-15(21)24-14(20)10-7-22-11-6-8(3-4-9(10)11)23-16-19-13-12(25-16)2-1-5-18-13/h1-7H,(H2,17,21). The molecule has 0 atom stereocenters. The number of pyridine rings is 1. The largest absolute Gasteiger partial charge is 0.463 e. The van der Waals surface area contributed by atoms with Gasteiger partial charge in [-0.2, -0.15) is 4.98 Å². The summed E-state index contributed by atoms with van der Waals surface area (Å²) in [6.07, 6.45) is 1.68. The zero-order valence-corrected chi connectivity index (χ0v) is 13.3. The van der Waals surface area contributed by atoms with Crippen LogP contribution in [0.3, 0.4) is 0 Å². The Morgan fingerprint density at radius 1 is 1.24 bits per heavy atom. The lowest BCUT2D eigenvalue weighted by molar-refractivity contribution is 0.0639. The smallest absolute Gasteiger partial charge is 0.412 e. The van der Waals surface area contributed by atoms with Crippen LogP contribution < -0.4 is 10.5 Å². The van der Waals surface area contributed by atoms with Crippen LogP contribution in [0.25, 0.3) is 21.3 Å². The summed E-state index contributed by atoms with van der Waals surface area (Å²) in [6.45, 7) is 0. The highest BCUT2D eigenvalue weighted by Gasteiger charge is 2.18. The van der Waals surface area contributed by atoms with Crippen molar-refractivity contribution in [1.82, 2.24) is 9.97 Å². The number of fused-ring (bicyclic) bond motifs is 2. The molecule has 124 valence electrons. The minimum Gasteiger partial charge on any atom is -0.463 e. The molecular weight excluding hydrogens is 346 g/mol. The molecule has 2 N–H and O–H groups in total. The van der Waals surface area contributed by atoms with Crippen molar-refractivity contribution in [2.75, 3.05) is 0 Å². The summed E-state index contributed by atoms with van der Waals surface area (Å²) < 4.78 is 16.3. The lowest BCUT2D eigenvalue weighted by Gasteiger charge is -2.01. The predicted molar refractivity (Wildman–Crippen MR) is 88.7 cm³/mol. The zero-order chi connectivity index (χ0) is 17.4. The molecule has 4 rings (SSSR count). The number of hydrogen-bond acceptors (Lipinski definition) is 8. The minimum absolute atomic E-state index is 0.101. The highest BCUT2D eigenvalue weighted by atomic mass is 32.1. The van der Waals surface area contributed by atoms with Gasteiger partial charge in [0.25, 0.3) is 5.19 Å². The average Bonchev–Trinajstić information content (AvgIpc) is 3.16. The van der Waals surface area contributed by atoms with Gasteiger partial charge in [-0.15, -0.1) is 0 Å². The van der Waals surface area contributed by atoms with Gasteiger partial charge in [-0.3, -0.25) is 0 Å². The van der Waals surface area contributed by atoms with Crippen molar-refractivity contribution in [2.45, 2.75) is 0 Å². The van der Waals surface area contributed by atoms with Gasteiger partial charge >= 0.3 is 12.1 Å². The fraction of sp³-hybridized carbons (Fsp3) is 0. The summed E-state index contributed by atoms with van der Waals surface area (Å²) in [5.41, 5.74) is 5.95. The number of rotatable bonds is 3. The molecule has 3 heterocycles. The van der Waals surface area contributed by atoms with Crippen molar-refractivity contribution in [2.24, 2.45) is 5.73 Å². The number of nitrogens with two attached hydrogens (primary N) is 1. The molecule has 25 heavy (non-hydrogen) atoms. The van der Waals surface area contributed by atoms with Crippen LogP contribution in [-0.4, -0.2) is 22.0 Å². The Hall–Kier alpha value is -3.46. The monoisotopic (exact) mass is 355 g/mol. The average molecular weight is 355 g/mol. The molecule has 0 aliphatic heterocycles. The molecule has 0 radical (unpaired) electrons. The van der Waals surface area contributed by atoms with E-state index in [1.165, 1.54) is 17.6 Å². The molecular formula is C16H9N3O5S. The number of amides is 1. The highest BCUT2D eigenvalue weighted by Crippen LogP contribution is 2.32. The van der Waals surface area contributed by atoms with E-state index in [2.05, 4.69) is 14.7 Å². The van der Waals surface area contributed by atoms with E-state index in [0.717, 1.165) is 4.70 Å². The van der Waals surface area contributed by atoms with Gasteiger partial charge < -0.3 is 19.6 Å². The van der Waals surface area contributed by atoms with Crippen LogP contribution in [0.4, 0.5) is 4.79 Å². The molecule has 0 saturated heterocycles. The molecule has 8 nitrogen and oxygen atoms in total. The van der Waals surface area contributed by atoms with E-state index in [9.17, 15) is 9.59 Å². The number of ether oxygens (including phenoxy) is 2. The Kier molecular flexibility index (Phi) is 3.55. The summed E-state index contributed by atoms with van der Waals surface area (Å²) in [4.78, 5) is 30.9. The van der Waals surface area contributed by atoms with E-state index in [1.807, 2.05) is 12.1 Å². The summed E-state index contributed by atoms with van der Waals surface area (Å²) in [5.74, 6) is -0.395. The molecule has 0 fully saturated rings. The van der Waals surface area contributed by atoms with Crippen LogP contribution in [0.5, 0.6) is 10.9 Å². The molecule has 0 aliphatic carbocycles. The number of aromatic nitrogens is 2. The number of nitrogens with zero attached hydrogens (tertiary/aromatic N) is 2. The Balaban J connectivity index is 1.63. The van der Waals surface area contributed by atoms with E-state index >= 15 is 0 Å². The van der Waals surface area contributed by atoms with Gasteiger partial charge in [0.05, 0.1) is 4.70 Å². The summed E-state index contributed by atoms with van der Waals surface area (Å²) in [7, 11) is 0. The second-order valence-corrected chi connectivity index (χ2v) is 5.92. The molecule has 1 amide bonds. The number of carbonyl (C=O) groups excluding carboxylic acids is 2. The lowest BCUT2D eigenvalue weighted by Crippen LogP contribution is -2.18. The van der Waals surface area contributed by atoms with E-state index < -0.39 is 12.1 Å². The van der Waals surface area contributed by atoms with E-state index in [0.29, 0.717) is 27.6 Å². The van der Waals surface area contributed by atoms with Crippen molar-refractivity contribution in [1.29, 1.82) is 0 Å². The van der Waals surface area contributed by atoms with E-state index in [-0.39, 0.29) is 5.56 Å². The third-order valence-corrected chi connectivity index (χ3v) is 4.20. The topological polar surface area (TPSA) is 118 Å². The molecule has 3 aromatic heterocycles. The van der Waals surface area contributed by atoms with Crippen molar-refractivity contribution in [3.05, 3.63) is 48.4 Å². The van der Waals surface area contributed by atoms with Crippen LogP contribution in [0.1, 0.15) is 10.4 Å². The third-order valence-electron chi connectivity index (χ3n) is 3.31. The molecule has 0 spiro atoms. The van der Waals surface area contributed by atoms with Crippen molar-refractivity contribution in [3.8, 4) is 10.9 Å². The van der Waals surface area contributed by atoms with Gasteiger partial charge in [0.2, 0.25) is 0 Å². The Morgan fingerprint density at radius 3 is 2.92 bits per heavy atom. The SMILES string of the molecule is NC(=O)OC(=O)c1coc2cc(Oc3nc4ncccc4s3)ccc12. The Morgan fingerprint density at radius 2 is 2.12 bits per heavy atom. The van der Waals surface area contributed by atoms with Crippen molar-refractivity contribution < 1.29 is 23.5 Å². The first-order valence-electron chi connectivity index (χ1n) is 7.02. The van der Waals surface area contributed by atoms with Crippen LogP contribution in [0.15, 0.2) is 47.2 Å². The second kappa shape index (κ2) is 5.87.